The van der Waals surface area contributed by atoms with Gasteiger partial charge in [-0.15, -0.1) is 0 Å². The summed E-state index contributed by atoms with van der Waals surface area (Å²) in [5.41, 5.74) is 2.19. The average Bonchev–Trinajstić information content (AvgIpc) is 2.99. The van der Waals surface area contributed by atoms with Crippen LogP contribution in [0.5, 0.6) is 0 Å². The molecule has 0 aliphatic rings. The minimum absolute atomic E-state index is 0.150. The maximum absolute atomic E-state index is 12.8. The molecule has 2 N–H and O–H groups in total. The van der Waals surface area contributed by atoms with Crippen LogP contribution in [-0.4, -0.2) is 26.8 Å². The number of hydrogen-bond donors (Lipinski definition) is 2. The number of amides is 1. The summed E-state index contributed by atoms with van der Waals surface area (Å²) in [4.78, 5) is 23.7. The maximum atomic E-state index is 12.8. The highest BCUT2D eigenvalue weighted by atomic mass is 19.4. The molecular weight excluding hydrogens is 411 g/mol. The predicted octanol–water partition coefficient (Wildman–Crippen LogP) is 3.97. The summed E-state index contributed by atoms with van der Waals surface area (Å²) in [5.74, 6) is -1.40. The van der Waals surface area contributed by atoms with E-state index in [4.69, 9.17) is 5.11 Å². The van der Waals surface area contributed by atoms with Gasteiger partial charge in [-0.1, -0.05) is 24.3 Å². The van der Waals surface area contributed by atoms with E-state index in [1.165, 1.54) is 24.3 Å². The van der Waals surface area contributed by atoms with Gasteiger partial charge in [0.05, 0.1) is 22.4 Å². The zero-order valence-corrected chi connectivity index (χ0v) is 16.8. The van der Waals surface area contributed by atoms with Gasteiger partial charge >= 0.3 is 12.1 Å². The van der Waals surface area contributed by atoms with Crippen LogP contribution in [0.15, 0.2) is 48.5 Å². The van der Waals surface area contributed by atoms with Crippen molar-refractivity contribution in [1.29, 1.82) is 0 Å². The molecule has 3 rings (SSSR count). The zero-order chi connectivity index (χ0) is 22.8. The number of aromatic nitrogens is 2. The Kier molecular flexibility index (Phi) is 6.14. The monoisotopic (exact) mass is 431 g/mol. The number of nitrogens with one attached hydrogen (secondary N) is 1. The third-order valence-corrected chi connectivity index (χ3v) is 4.94. The number of alkyl halides is 3. The largest absolute Gasteiger partial charge is 0.478 e. The Balaban J connectivity index is 1.75. The van der Waals surface area contributed by atoms with E-state index in [2.05, 4.69) is 10.4 Å². The highest BCUT2D eigenvalue weighted by Crippen LogP contribution is 2.29. The van der Waals surface area contributed by atoms with Gasteiger partial charge in [-0.2, -0.15) is 18.3 Å². The molecule has 9 heteroatoms. The van der Waals surface area contributed by atoms with Crippen LogP contribution >= 0.6 is 0 Å². The zero-order valence-electron chi connectivity index (χ0n) is 16.8. The number of carboxylic acid groups (broad SMARTS) is 1. The van der Waals surface area contributed by atoms with Gasteiger partial charge in [0.2, 0.25) is 0 Å². The lowest BCUT2D eigenvalue weighted by molar-refractivity contribution is -0.137. The SMILES string of the molecule is Cc1c(C(=O)NCc2ccc(C(=O)O)cc2)c(Cc2ccc(C(F)(F)F)cc2)nn1C. The Hall–Kier alpha value is -3.62. The summed E-state index contributed by atoms with van der Waals surface area (Å²) >= 11 is 0. The molecule has 0 saturated carbocycles. The van der Waals surface area contributed by atoms with Crippen molar-refractivity contribution < 1.29 is 27.9 Å². The second kappa shape index (κ2) is 8.63. The Labute approximate surface area is 176 Å². The average molecular weight is 431 g/mol. The Bertz CT molecular complexity index is 1100. The van der Waals surface area contributed by atoms with Crippen molar-refractivity contribution in [1.82, 2.24) is 15.1 Å². The summed E-state index contributed by atoms with van der Waals surface area (Å²) in [5, 5.41) is 16.1. The topological polar surface area (TPSA) is 84.2 Å². The number of nitrogens with zero attached hydrogens (tertiary/aromatic N) is 2. The van der Waals surface area contributed by atoms with Gasteiger partial charge in [-0.3, -0.25) is 9.48 Å². The molecule has 0 aliphatic heterocycles. The van der Waals surface area contributed by atoms with Gasteiger partial charge in [0.1, 0.15) is 0 Å². The van der Waals surface area contributed by atoms with E-state index in [0.717, 1.165) is 17.7 Å². The van der Waals surface area contributed by atoms with Gasteiger partial charge < -0.3 is 10.4 Å². The summed E-state index contributed by atoms with van der Waals surface area (Å²) in [6, 6.07) is 10.9. The summed E-state index contributed by atoms with van der Waals surface area (Å²) < 4.78 is 39.8. The van der Waals surface area contributed by atoms with Gasteiger partial charge in [0.15, 0.2) is 0 Å². The minimum Gasteiger partial charge on any atom is -0.478 e. The molecule has 0 aliphatic carbocycles. The van der Waals surface area contributed by atoms with E-state index in [1.807, 2.05) is 0 Å². The fraction of sp³-hybridized carbons (Fsp3) is 0.227. The molecule has 0 fully saturated rings. The smallest absolute Gasteiger partial charge is 0.416 e. The van der Waals surface area contributed by atoms with Gasteiger partial charge in [0, 0.05) is 25.7 Å². The van der Waals surface area contributed by atoms with Crippen LogP contribution in [0.1, 0.15) is 48.8 Å². The molecule has 1 amide bonds. The molecule has 0 unspecified atom stereocenters. The van der Waals surface area contributed by atoms with E-state index in [0.29, 0.717) is 22.5 Å². The minimum atomic E-state index is -4.41. The lowest BCUT2D eigenvalue weighted by Crippen LogP contribution is -2.24. The van der Waals surface area contributed by atoms with Crippen molar-refractivity contribution in [2.45, 2.75) is 26.1 Å². The van der Waals surface area contributed by atoms with Gasteiger partial charge in [-0.05, 0) is 42.3 Å². The lowest BCUT2D eigenvalue weighted by Gasteiger charge is -2.09. The van der Waals surface area contributed by atoms with Crippen LogP contribution in [0.2, 0.25) is 0 Å². The first-order valence-electron chi connectivity index (χ1n) is 9.35. The number of rotatable bonds is 6. The number of carbonyl (C=O) groups excluding carboxylic acids is 1. The molecule has 1 aromatic heterocycles. The third kappa shape index (κ3) is 5.11. The van der Waals surface area contributed by atoms with Crippen LogP contribution in [-0.2, 0) is 26.2 Å². The highest BCUT2D eigenvalue weighted by Gasteiger charge is 2.30. The summed E-state index contributed by atoms with van der Waals surface area (Å²) in [6.45, 7) is 1.92. The molecule has 0 spiro atoms. The number of hydrogen-bond acceptors (Lipinski definition) is 3. The van der Waals surface area contributed by atoms with Crippen molar-refractivity contribution in [3.8, 4) is 0 Å². The van der Waals surface area contributed by atoms with E-state index in [1.54, 1.807) is 30.8 Å². The molecule has 3 aromatic rings. The number of aryl methyl sites for hydroxylation is 1. The molecule has 0 atom stereocenters. The van der Waals surface area contributed by atoms with Crippen molar-refractivity contribution in [3.63, 3.8) is 0 Å². The molecule has 2 aromatic carbocycles. The van der Waals surface area contributed by atoms with E-state index >= 15 is 0 Å². The summed E-state index contributed by atoms with van der Waals surface area (Å²) in [7, 11) is 1.69. The second-order valence-electron chi connectivity index (χ2n) is 7.09. The first kappa shape index (κ1) is 22.1. The van der Waals surface area contributed by atoms with Crippen LogP contribution in [0, 0.1) is 6.92 Å². The molecule has 31 heavy (non-hydrogen) atoms. The Morgan fingerprint density at radius 1 is 1.03 bits per heavy atom. The number of carbonyl (C=O) groups is 2. The van der Waals surface area contributed by atoms with Gasteiger partial charge in [0.25, 0.3) is 5.91 Å². The first-order valence-corrected chi connectivity index (χ1v) is 9.35. The number of carboxylic acids is 1. The molecule has 0 radical (unpaired) electrons. The first-order chi connectivity index (χ1) is 14.6. The van der Waals surface area contributed by atoms with E-state index in [9.17, 15) is 22.8 Å². The fourth-order valence-corrected chi connectivity index (χ4v) is 3.14. The molecule has 0 saturated heterocycles. The van der Waals surface area contributed by atoms with Crippen molar-refractivity contribution in [3.05, 3.63) is 87.7 Å². The van der Waals surface area contributed by atoms with E-state index in [-0.39, 0.29) is 24.4 Å². The molecule has 0 bridgehead atoms. The number of aromatic carboxylic acids is 1. The Morgan fingerprint density at radius 3 is 2.16 bits per heavy atom. The maximum Gasteiger partial charge on any atom is 0.416 e. The normalized spacial score (nSPS) is 11.4. The van der Waals surface area contributed by atoms with Crippen molar-refractivity contribution in [2.75, 3.05) is 0 Å². The number of benzene rings is 2. The highest BCUT2D eigenvalue weighted by molar-refractivity contribution is 5.96. The van der Waals surface area contributed by atoms with Crippen molar-refractivity contribution >= 4 is 11.9 Å². The van der Waals surface area contributed by atoms with Crippen molar-refractivity contribution in [2.24, 2.45) is 7.05 Å². The predicted molar refractivity (Wildman–Crippen MR) is 107 cm³/mol. The van der Waals surface area contributed by atoms with Crippen LogP contribution in [0.4, 0.5) is 13.2 Å². The van der Waals surface area contributed by atoms with Gasteiger partial charge in [-0.25, -0.2) is 4.79 Å². The van der Waals surface area contributed by atoms with E-state index < -0.39 is 17.7 Å². The second-order valence-corrected chi connectivity index (χ2v) is 7.09. The quantitative estimate of drug-likeness (QED) is 0.619. The number of halogens is 3. The van der Waals surface area contributed by atoms with Crippen LogP contribution < -0.4 is 5.32 Å². The molecule has 1 heterocycles. The molecule has 162 valence electrons. The van der Waals surface area contributed by atoms with Crippen LogP contribution in [0.25, 0.3) is 0 Å². The lowest BCUT2D eigenvalue weighted by atomic mass is 10.0. The third-order valence-electron chi connectivity index (χ3n) is 4.94. The summed E-state index contributed by atoms with van der Waals surface area (Å²) in [6.07, 6.45) is -4.20. The Morgan fingerprint density at radius 2 is 1.61 bits per heavy atom. The van der Waals surface area contributed by atoms with Crippen LogP contribution in [0.3, 0.4) is 0 Å². The molecular formula is C22H20F3N3O3. The molecule has 6 nitrogen and oxygen atoms in total. The fourth-order valence-electron chi connectivity index (χ4n) is 3.14. The standard InChI is InChI=1S/C22H20F3N3O3/c1-13-19(20(29)26-12-15-3-7-16(8-4-15)21(30)31)18(27-28(13)2)11-14-5-9-17(10-6-14)22(23,24)25/h3-10H,11-12H2,1-2H3,(H,26,29)(H,30,31).